The molecular formula is C62H76F2N10O10S. The van der Waals surface area contributed by atoms with Gasteiger partial charge in [-0.1, -0.05) is 51.1 Å². The summed E-state index contributed by atoms with van der Waals surface area (Å²) in [5.74, 6) is -2.55. The van der Waals surface area contributed by atoms with Crippen LogP contribution in [0.15, 0.2) is 84.4 Å². The van der Waals surface area contributed by atoms with Crippen LogP contribution < -0.4 is 26.2 Å². The zero-order valence-corrected chi connectivity index (χ0v) is 49.4. The van der Waals surface area contributed by atoms with Crippen LogP contribution in [0.5, 0.6) is 0 Å². The highest BCUT2D eigenvalue weighted by molar-refractivity contribution is 7.13. The molecule has 85 heavy (non-hydrogen) atoms. The van der Waals surface area contributed by atoms with Crippen molar-refractivity contribution in [2.45, 2.75) is 97.0 Å². The van der Waals surface area contributed by atoms with Crippen LogP contribution in [0.2, 0.25) is 0 Å². The van der Waals surface area contributed by atoms with E-state index >= 15 is 0 Å². The summed E-state index contributed by atoms with van der Waals surface area (Å²) in [5.41, 5.74) is 7.96. The number of aliphatic hydroxyl groups is 1. The van der Waals surface area contributed by atoms with Gasteiger partial charge in [-0.15, -0.1) is 11.3 Å². The average Bonchev–Trinajstić information content (AvgIpc) is 4.44. The van der Waals surface area contributed by atoms with E-state index in [4.69, 9.17) is 18.9 Å². The quantitative estimate of drug-likeness (QED) is 0.0317. The van der Waals surface area contributed by atoms with Crippen molar-refractivity contribution in [2.24, 2.45) is 5.41 Å². The number of aliphatic hydroxyl groups excluding tert-OH is 1. The fourth-order valence-corrected chi connectivity index (χ4v) is 11.6. The number of rotatable bonds is 25. The number of anilines is 3. The van der Waals surface area contributed by atoms with Gasteiger partial charge in [0.15, 0.2) is 5.82 Å². The number of thiazole rings is 1. The Bertz CT molecular complexity index is 3250. The van der Waals surface area contributed by atoms with Crippen molar-refractivity contribution < 1.29 is 56.8 Å². The molecule has 20 nitrogen and oxygen atoms in total. The van der Waals surface area contributed by atoms with E-state index in [1.165, 1.54) is 17.0 Å². The number of carbonyl (C=O) groups excluding carboxylic acids is 5. The van der Waals surface area contributed by atoms with E-state index in [-0.39, 0.29) is 108 Å². The lowest BCUT2D eigenvalue weighted by atomic mass is 9.85. The Hall–Kier alpha value is -7.41. The fraction of sp³-hybridized carbons (Fsp3) is 0.468. The Morgan fingerprint density at radius 1 is 0.824 bits per heavy atom. The van der Waals surface area contributed by atoms with Crippen molar-refractivity contribution in [1.29, 1.82) is 0 Å². The number of likely N-dealkylation sites (tertiary alicyclic amines) is 1. The summed E-state index contributed by atoms with van der Waals surface area (Å²) >= 11 is 1.56. The van der Waals surface area contributed by atoms with Gasteiger partial charge < -0.3 is 60.0 Å². The minimum absolute atomic E-state index is 0.00709. The minimum Gasteiger partial charge on any atom is -0.391 e. The van der Waals surface area contributed by atoms with Crippen molar-refractivity contribution in [1.82, 2.24) is 35.6 Å². The highest BCUT2D eigenvalue weighted by Crippen LogP contribution is 2.32. The molecule has 0 saturated carbocycles. The molecule has 454 valence electrons. The maximum atomic E-state index is 14.0. The molecule has 0 aliphatic carbocycles. The molecule has 3 fully saturated rings. The molecular weight excluding hydrogens is 1110 g/mol. The number of β-amino-alcohol motifs (C(OH)–C–C–N with tert-alkyl or cyclic N) is 1. The van der Waals surface area contributed by atoms with Crippen molar-refractivity contribution >= 4 is 69.0 Å². The highest BCUT2D eigenvalue weighted by Gasteiger charge is 2.44. The Balaban J connectivity index is 0.654. The van der Waals surface area contributed by atoms with Crippen molar-refractivity contribution in [3.63, 3.8) is 0 Å². The molecule has 3 aliphatic rings. The first kappa shape index (κ1) is 62.1. The molecule has 2 aromatic heterocycles. The number of aromatic amines is 1. The molecule has 0 unspecified atom stereocenters. The molecule has 3 aliphatic heterocycles. The summed E-state index contributed by atoms with van der Waals surface area (Å²) < 4.78 is 50.5. The molecule has 5 amide bonds. The Labute approximate surface area is 497 Å². The van der Waals surface area contributed by atoms with Crippen LogP contribution in [-0.2, 0) is 51.1 Å². The zero-order chi connectivity index (χ0) is 60.0. The van der Waals surface area contributed by atoms with Gasteiger partial charge in [0, 0.05) is 94.2 Å². The summed E-state index contributed by atoms with van der Waals surface area (Å²) in [7, 11) is 0. The summed E-state index contributed by atoms with van der Waals surface area (Å²) in [5, 5.41) is 31.0. The summed E-state index contributed by atoms with van der Waals surface area (Å²) in [6.45, 7) is 12.5. The third-order valence-electron chi connectivity index (χ3n) is 15.4. The van der Waals surface area contributed by atoms with E-state index in [1.807, 2.05) is 87.2 Å². The molecule has 23 heteroatoms. The maximum Gasteiger partial charge on any atom is 0.258 e. The predicted molar refractivity (Wildman–Crippen MR) is 319 cm³/mol. The van der Waals surface area contributed by atoms with Gasteiger partial charge in [0.05, 0.1) is 79.3 Å². The number of fused-ring (bicyclic) bond motifs is 1. The second-order valence-corrected chi connectivity index (χ2v) is 23.6. The Kier molecular flexibility index (Phi) is 21.3. The number of piperazine rings is 1. The number of benzene rings is 4. The van der Waals surface area contributed by atoms with Gasteiger partial charge in [0.1, 0.15) is 23.7 Å². The number of halogens is 2. The third-order valence-corrected chi connectivity index (χ3v) is 16.4. The van der Waals surface area contributed by atoms with E-state index < -0.39 is 41.1 Å². The Morgan fingerprint density at radius 3 is 2.19 bits per heavy atom. The number of ether oxygens (including phenoxy) is 4. The van der Waals surface area contributed by atoms with Crippen LogP contribution in [0.4, 0.5) is 26.0 Å². The van der Waals surface area contributed by atoms with Crippen LogP contribution in [0.1, 0.15) is 85.6 Å². The lowest BCUT2D eigenvalue weighted by Crippen LogP contribution is -2.57. The first-order valence-electron chi connectivity index (χ1n) is 29.0. The number of carbonyl (C=O) groups is 5. The van der Waals surface area contributed by atoms with Crippen LogP contribution in [-0.4, -0.2) is 169 Å². The first-order chi connectivity index (χ1) is 40.9. The first-order valence-corrected chi connectivity index (χ1v) is 29.9. The minimum atomic E-state index is -0.958. The monoisotopic (exact) mass is 1190 g/mol. The van der Waals surface area contributed by atoms with Crippen LogP contribution >= 0.6 is 11.3 Å². The molecule has 5 heterocycles. The highest BCUT2D eigenvalue weighted by atomic mass is 32.1. The lowest BCUT2D eigenvalue weighted by molar-refractivity contribution is -0.144. The van der Waals surface area contributed by atoms with Gasteiger partial charge in [0.25, 0.3) is 5.91 Å². The van der Waals surface area contributed by atoms with Gasteiger partial charge in [-0.05, 0) is 96.3 Å². The summed E-state index contributed by atoms with van der Waals surface area (Å²) in [6, 6.07) is 20.7. The van der Waals surface area contributed by atoms with Gasteiger partial charge >= 0.3 is 0 Å². The van der Waals surface area contributed by atoms with Crippen LogP contribution in [0.25, 0.3) is 21.3 Å². The number of nitrogens with zero attached hydrogens (tertiary/aromatic N) is 5. The Morgan fingerprint density at radius 2 is 1.51 bits per heavy atom. The van der Waals surface area contributed by atoms with Crippen molar-refractivity contribution in [3.8, 4) is 10.4 Å². The number of H-pyrrole nitrogens is 1. The number of hydrogen-bond acceptors (Lipinski definition) is 15. The maximum absolute atomic E-state index is 14.0. The number of aryl methyl sites for hydroxylation is 1. The van der Waals surface area contributed by atoms with E-state index in [9.17, 15) is 37.9 Å². The normalized spacial score (nSPS) is 17.0. The van der Waals surface area contributed by atoms with E-state index in [0.29, 0.717) is 72.9 Å². The van der Waals surface area contributed by atoms with Crippen LogP contribution in [0.3, 0.4) is 0 Å². The number of hydrogen-bond donors (Lipinski definition) is 6. The van der Waals surface area contributed by atoms with Gasteiger partial charge in [0.2, 0.25) is 23.6 Å². The SMILES string of the molecule is Cc1ncsc1-c1ccc(CNC(=O)[C@@H]2C[C@@H](O)CN2C(=O)[C@@H](NC(=O)CCOCCOCCOCCC(=O)N2CCN(c3ccc(C(=O)Nc4n[nH]c5ccc(Cc6cc(F)cc(F)c6)cc45)c(NC4CCOCC4)c3)CC2)C(C)(C)C)cc1. The van der Waals surface area contributed by atoms with E-state index in [1.54, 1.807) is 22.9 Å². The standard InChI is InChI=1S/C62H76F2N10O10S/c1-39-56(85-38-66-39)43-8-5-40(6-9-43)36-65-60(79)53-35-48(75)37-74(53)61(80)57(62(2,3)4)68-54(76)15-23-82-25-27-84-28-26-83-24-16-55(77)73-19-17-72(18-20-73)47-10-11-49(52(34-47)67-46-13-21-81-22-14-46)59(78)69-58-50-32-41(7-12-51(50)70-71-58)29-42-30-44(63)33-45(64)31-42/h5-12,30-34,38,46,48,53,57,67,75H,13-29,35-37H2,1-4H3,(H,65,79)(H,68,76)(H2,69,70,71,78)/t48-,53+,57-/m1/s1. The van der Waals surface area contributed by atoms with Crippen molar-refractivity contribution in [2.75, 3.05) is 101 Å². The van der Waals surface area contributed by atoms with E-state index in [2.05, 4.69) is 41.3 Å². The smallest absolute Gasteiger partial charge is 0.258 e. The van der Waals surface area contributed by atoms with Gasteiger partial charge in [-0.3, -0.25) is 29.1 Å². The predicted octanol–water partition coefficient (Wildman–Crippen LogP) is 6.99. The molecule has 0 bridgehead atoms. The lowest BCUT2D eigenvalue weighted by Gasteiger charge is -2.36. The number of amides is 5. The van der Waals surface area contributed by atoms with Crippen LogP contribution in [0, 0.1) is 24.0 Å². The number of aromatic nitrogens is 3. The largest absolute Gasteiger partial charge is 0.391 e. The third kappa shape index (κ3) is 16.9. The zero-order valence-electron chi connectivity index (χ0n) is 48.6. The number of nitrogens with one attached hydrogen (secondary N) is 5. The summed E-state index contributed by atoms with van der Waals surface area (Å²) in [6.07, 6.45) is 1.26. The molecule has 0 spiro atoms. The molecule has 6 N–H and O–H groups in total. The molecule has 6 aromatic rings. The average molecular weight is 1190 g/mol. The second kappa shape index (κ2) is 29.1. The topological polar surface area (TPSA) is 242 Å². The van der Waals surface area contributed by atoms with E-state index in [0.717, 1.165) is 51.9 Å². The second-order valence-electron chi connectivity index (χ2n) is 22.8. The fourth-order valence-electron chi connectivity index (χ4n) is 10.8. The summed E-state index contributed by atoms with van der Waals surface area (Å²) in [4.78, 5) is 78.7. The molecule has 9 rings (SSSR count). The van der Waals surface area contributed by atoms with Gasteiger partial charge in [-0.25, -0.2) is 13.8 Å². The molecule has 3 atom stereocenters. The molecule has 0 radical (unpaired) electrons. The molecule has 4 aromatic carbocycles. The van der Waals surface area contributed by atoms with Gasteiger partial charge in [-0.2, -0.15) is 5.10 Å². The van der Waals surface area contributed by atoms with Crippen molar-refractivity contribution in [3.05, 3.63) is 124 Å². The molecule has 3 saturated heterocycles.